The second-order valence-corrected chi connectivity index (χ2v) is 5.12. The molecule has 0 N–H and O–H groups in total. The Bertz CT molecular complexity index is 727. The van der Waals surface area contributed by atoms with Gasteiger partial charge >= 0.3 is 0 Å². The number of ketones is 1. The lowest BCUT2D eigenvalue weighted by molar-refractivity contribution is 0.0967. The number of nitrogens with zero attached hydrogens (tertiary/aromatic N) is 1. The lowest BCUT2D eigenvalue weighted by Gasteiger charge is -2.14. The average Bonchev–Trinajstić information content (AvgIpc) is 2.92. The maximum absolute atomic E-state index is 12.3. The highest BCUT2D eigenvalue weighted by molar-refractivity contribution is 5.96. The molecule has 0 saturated heterocycles. The minimum atomic E-state index is 0.155. The molecule has 0 saturated carbocycles. The molecule has 0 radical (unpaired) electrons. The standard InChI is InChI=1S/C18H17NO/c1-14(13-18(20)16-8-3-2-4-9-16)19-12-11-15-7-5-6-10-17(15)19/h2-12,14H,13H2,1H3. The van der Waals surface area contributed by atoms with Crippen molar-refractivity contribution in [3.8, 4) is 0 Å². The maximum Gasteiger partial charge on any atom is 0.164 e. The third-order valence-electron chi connectivity index (χ3n) is 3.68. The topological polar surface area (TPSA) is 22.0 Å². The van der Waals surface area contributed by atoms with Gasteiger partial charge in [-0.1, -0.05) is 48.5 Å². The molecule has 0 fully saturated rings. The number of aromatic nitrogens is 1. The Kier molecular flexibility index (Phi) is 3.38. The lowest BCUT2D eigenvalue weighted by Crippen LogP contribution is -2.10. The molecule has 3 aromatic rings. The van der Waals surface area contributed by atoms with Gasteiger partial charge in [-0.3, -0.25) is 4.79 Å². The van der Waals surface area contributed by atoms with Crippen LogP contribution in [0, 0.1) is 0 Å². The van der Waals surface area contributed by atoms with Crippen molar-refractivity contribution in [2.45, 2.75) is 19.4 Å². The molecule has 2 heteroatoms. The Morgan fingerprint density at radius 3 is 2.50 bits per heavy atom. The van der Waals surface area contributed by atoms with E-state index in [2.05, 4.69) is 35.9 Å². The summed E-state index contributed by atoms with van der Waals surface area (Å²) in [6.45, 7) is 2.09. The van der Waals surface area contributed by atoms with E-state index in [9.17, 15) is 4.79 Å². The van der Waals surface area contributed by atoms with Crippen LogP contribution in [0.5, 0.6) is 0 Å². The number of benzene rings is 2. The molecule has 0 spiro atoms. The number of rotatable bonds is 4. The SMILES string of the molecule is CC(CC(=O)c1ccccc1)n1ccc2ccccc21. The van der Waals surface area contributed by atoms with Crippen LogP contribution in [-0.4, -0.2) is 10.4 Å². The van der Waals surface area contributed by atoms with Crippen LogP contribution >= 0.6 is 0 Å². The predicted molar refractivity (Wildman–Crippen MR) is 82.0 cm³/mol. The fraction of sp³-hybridized carbons (Fsp3) is 0.167. The average molecular weight is 263 g/mol. The molecule has 0 aliphatic rings. The Morgan fingerprint density at radius 1 is 1.00 bits per heavy atom. The van der Waals surface area contributed by atoms with Crippen molar-refractivity contribution in [2.24, 2.45) is 0 Å². The molecule has 0 amide bonds. The summed E-state index contributed by atoms with van der Waals surface area (Å²) in [5.41, 5.74) is 1.97. The second kappa shape index (κ2) is 5.33. The number of para-hydroxylation sites is 1. The van der Waals surface area contributed by atoms with Gasteiger partial charge in [0.25, 0.3) is 0 Å². The summed E-state index contributed by atoms with van der Waals surface area (Å²) in [5, 5.41) is 1.21. The first-order valence-electron chi connectivity index (χ1n) is 6.89. The normalized spacial score (nSPS) is 12.4. The molecule has 1 atom stereocenters. The summed E-state index contributed by atoms with van der Waals surface area (Å²) >= 11 is 0. The maximum atomic E-state index is 12.3. The molecule has 1 aromatic heterocycles. The van der Waals surface area contributed by atoms with Gasteiger partial charge in [-0.05, 0) is 24.4 Å². The Hall–Kier alpha value is -2.35. The van der Waals surface area contributed by atoms with E-state index in [0.717, 1.165) is 5.56 Å². The van der Waals surface area contributed by atoms with Crippen LogP contribution in [0.25, 0.3) is 10.9 Å². The van der Waals surface area contributed by atoms with Gasteiger partial charge in [0.05, 0.1) is 0 Å². The van der Waals surface area contributed by atoms with Gasteiger partial charge in [0.1, 0.15) is 0 Å². The van der Waals surface area contributed by atoms with E-state index in [1.165, 1.54) is 10.9 Å². The van der Waals surface area contributed by atoms with Crippen molar-refractivity contribution in [1.29, 1.82) is 0 Å². The molecule has 1 unspecified atom stereocenters. The highest BCUT2D eigenvalue weighted by atomic mass is 16.1. The zero-order chi connectivity index (χ0) is 13.9. The largest absolute Gasteiger partial charge is 0.344 e. The first-order chi connectivity index (χ1) is 9.75. The van der Waals surface area contributed by atoms with Crippen molar-refractivity contribution in [1.82, 2.24) is 4.57 Å². The smallest absolute Gasteiger partial charge is 0.164 e. The molecule has 20 heavy (non-hydrogen) atoms. The molecule has 2 aromatic carbocycles. The van der Waals surface area contributed by atoms with Gasteiger partial charge in [0, 0.05) is 29.7 Å². The van der Waals surface area contributed by atoms with Gasteiger partial charge in [-0.25, -0.2) is 0 Å². The van der Waals surface area contributed by atoms with Gasteiger partial charge in [-0.15, -0.1) is 0 Å². The fourth-order valence-corrected chi connectivity index (χ4v) is 2.60. The summed E-state index contributed by atoms with van der Waals surface area (Å²) in [6, 6.07) is 20.0. The van der Waals surface area contributed by atoms with Crippen LogP contribution < -0.4 is 0 Å². The summed E-state index contributed by atoms with van der Waals surface area (Å²) in [5.74, 6) is 0.191. The monoisotopic (exact) mass is 263 g/mol. The molecular weight excluding hydrogens is 246 g/mol. The zero-order valence-electron chi connectivity index (χ0n) is 11.5. The van der Waals surface area contributed by atoms with E-state index in [1.807, 2.05) is 42.5 Å². The van der Waals surface area contributed by atoms with Gasteiger partial charge in [0.2, 0.25) is 0 Å². The highest BCUT2D eigenvalue weighted by Crippen LogP contribution is 2.22. The third-order valence-corrected chi connectivity index (χ3v) is 3.68. The number of Topliss-reactive ketones (excluding diaryl/α,β-unsaturated/α-hetero) is 1. The summed E-state index contributed by atoms with van der Waals surface area (Å²) in [7, 11) is 0. The molecule has 1 heterocycles. The lowest BCUT2D eigenvalue weighted by atomic mass is 10.0. The van der Waals surface area contributed by atoms with Crippen molar-refractivity contribution >= 4 is 16.7 Å². The fourth-order valence-electron chi connectivity index (χ4n) is 2.60. The van der Waals surface area contributed by atoms with E-state index >= 15 is 0 Å². The van der Waals surface area contributed by atoms with Crippen molar-refractivity contribution in [2.75, 3.05) is 0 Å². The highest BCUT2D eigenvalue weighted by Gasteiger charge is 2.13. The number of hydrogen-bond acceptors (Lipinski definition) is 1. The van der Waals surface area contributed by atoms with Crippen LogP contribution in [-0.2, 0) is 0 Å². The summed E-state index contributed by atoms with van der Waals surface area (Å²) in [6.07, 6.45) is 2.58. The Balaban J connectivity index is 1.83. The molecule has 100 valence electrons. The van der Waals surface area contributed by atoms with E-state index in [1.54, 1.807) is 0 Å². The van der Waals surface area contributed by atoms with Crippen LogP contribution in [0.3, 0.4) is 0 Å². The van der Waals surface area contributed by atoms with Crippen molar-refractivity contribution in [3.05, 3.63) is 72.4 Å². The van der Waals surface area contributed by atoms with Crippen molar-refractivity contribution < 1.29 is 4.79 Å². The number of carbonyl (C=O) groups excluding carboxylic acids is 1. The third kappa shape index (κ3) is 2.37. The molecule has 0 bridgehead atoms. The number of fused-ring (bicyclic) bond motifs is 1. The quantitative estimate of drug-likeness (QED) is 0.636. The van der Waals surface area contributed by atoms with Crippen LogP contribution in [0.2, 0.25) is 0 Å². The first-order valence-corrected chi connectivity index (χ1v) is 6.89. The molecule has 2 nitrogen and oxygen atoms in total. The van der Waals surface area contributed by atoms with E-state index in [0.29, 0.717) is 6.42 Å². The van der Waals surface area contributed by atoms with Gasteiger partial charge in [-0.2, -0.15) is 0 Å². The van der Waals surface area contributed by atoms with E-state index in [-0.39, 0.29) is 11.8 Å². The minimum Gasteiger partial charge on any atom is -0.344 e. The van der Waals surface area contributed by atoms with Gasteiger partial charge < -0.3 is 4.57 Å². The summed E-state index contributed by atoms with van der Waals surface area (Å²) < 4.78 is 2.18. The second-order valence-electron chi connectivity index (χ2n) is 5.12. The number of hydrogen-bond donors (Lipinski definition) is 0. The Labute approximate surface area is 118 Å². The van der Waals surface area contributed by atoms with Crippen LogP contribution in [0.1, 0.15) is 29.7 Å². The van der Waals surface area contributed by atoms with E-state index < -0.39 is 0 Å². The van der Waals surface area contributed by atoms with Crippen LogP contribution in [0.4, 0.5) is 0 Å². The minimum absolute atomic E-state index is 0.155. The molecule has 0 aliphatic heterocycles. The molecular formula is C18H17NO. The first kappa shape index (κ1) is 12.7. The molecule has 0 aliphatic carbocycles. The number of carbonyl (C=O) groups is 1. The van der Waals surface area contributed by atoms with E-state index in [4.69, 9.17) is 0 Å². The van der Waals surface area contributed by atoms with Gasteiger partial charge in [0.15, 0.2) is 5.78 Å². The van der Waals surface area contributed by atoms with Crippen molar-refractivity contribution in [3.63, 3.8) is 0 Å². The predicted octanol–water partition coefficient (Wildman–Crippen LogP) is 4.48. The summed E-state index contributed by atoms with van der Waals surface area (Å²) in [4.78, 5) is 12.3. The van der Waals surface area contributed by atoms with Crippen LogP contribution in [0.15, 0.2) is 66.9 Å². The molecule has 3 rings (SSSR count). The zero-order valence-corrected chi connectivity index (χ0v) is 11.5. The Morgan fingerprint density at radius 2 is 1.70 bits per heavy atom.